The summed E-state index contributed by atoms with van der Waals surface area (Å²) in [7, 11) is 1.56. The molecule has 5 nitrogen and oxygen atoms in total. The summed E-state index contributed by atoms with van der Waals surface area (Å²) >= 11 is 0. The van der Waals surface area contributed by atoms with Crippen molar-refractivity contribution in [3.05, 3.63) is 72.1 Å². The van der Waals surface area contributed by atoms with Gasteiger partial charge >= 0.3 is 0 Å². The van der Waals surface area contributed by atoms with Gasteiger partial charge in [0.2, 0.25) is 0 Å². The van der Waals surface area contributed by atoms with Gasteiger partial charge < -0.3 is 9.84 Å². The van der Waals surface area contributed by atoms with Crippen molar-refractivity contribution in [2.45, 2.75) is 6.42 Å². The van der Waals surface area contributed by atoms with Gasteiger partial charge in [-0.05, 0) is 47.0 Å². The number of hydrogen-bond acceptors (Lipinski definition) is 5. The molecule has 1 heterocycles. The summed E-state index contributed by atoms with van der Waals surface area (Å²) in [6, 6.07) is 14.6. The Morgan fingerprint density at radius 2 is 1.88 bits per heavy atom. The van der Waals surface area contributed by atoms with Crippen LogP contribution in [0.2, 0.25) is 0 Å². The highest BCUT2D eigenvalue weighted by molar-refractivity contribution is 5.80. The Morgan fingerprint density at radius 1 is 1.08 bits per heavy atom. The van der Waals surface area contributed by atoms with E-state index in [0.29, 0.717) is 23.4 Å². The van der Waals surface area contributed by atoms with Crippen molar-refractivity contribution in [3.8, 4) is 22.6 Å². The highest BCUT2D eigenvalue weighted by Gasteiger charge is 2.16. The molecule has 5 heteroatoms. The van der Waals surface area contributed by atoms with E-state index >= 15 is 0 Å². The van der Waals surface area contributed by atoms with Crippen molar-refractivity contribution in [2.75, 3.05) is 12.6 Å². The topological polar surface area (TPSA) is 74.6 Å². The number of nitrogens with one attached hydrogen (secondary N) is 1. The fourth-order valence-electron chi connectivity index (χ4n) is 2.67. The summed E-state index contributed by atoms with van der Waals surface area (Å²) in [6.07, 6.45) is 4.05. The normalized spacial score (nSPS) is 10.4. The number of rotatable bonds is 5. The van der Waals surface area contributed by atoms with Crippen LogP contribution in [0.1, 0.15) is 11.1 Å². The predicted molar refractivity (Wildman–Crippen MR) is 92.5 cm³/mol. The highest BCUT2D eigenvalue weighted by atomic mass is 16.5. The molecule has 0 amide bonds. The van der Waals surface area contributed by atoms with Gasteiger partial charge in [0.25, 0.3) is 0 Å². The molecule has 3 aromatic rings. The standard InChI is InChI=1S/C19H18N2O3/c1-24-17-6-5-15(11-13-7-9-20-10-8-13)19(22)18(17)14-3-2-4-16(12-14)21-23/h2-10,12,21-23H,11H2,1H3. The van der Waals surface area contributed by atoms with E-state index in [0.717, 1.165) is 16.7 Å². The Kier molecular flexibility index (Phi) is 4.63. The number of ether oxygens (including phenoxy) is 1. The van der Waals surface area contributed by atoms with Crippen molar-refractivity contribution < 1.29 is 15.1 Å². The minimum atomic E-state index is 0.168. The summed E-state index contributed by atoms with van der Waals surface area (Å²) in [5, 5.41) is 19.9. The average Bonchev–Trinajstić information content (AvgIpc) is 2.64. The first-order chi connectivity index (χ1) is 11.7. The second-order valence-electron chi connectivity index (χ2n) is 5.38. The Balaban J connectivity index is 2.08. The van der Waals surface area contributed by atoms with E-state index in [1.165, 1.54) is 0 Å². The number of benzene rings is 2. The van der Waals surface area contributed by atoms with Crippen molar-refractivity contribution in [1.82, 2.24) is 4.98 Å². The van der Waals surface area contributed by atoms with Crippen molar-refractivity contribution >= 4 is 5.69 Å². The Bertz CT molecular complexity index is 835. The van der Waals surface area contributed by atoms with Crippen LogP contribution in [-0.4, -0.2) is 22.4 Å². The van der Waals surface area contributed by atoms with E-state index in [4.69, 9.17) is 9.94 Å². The number of phenolic OH excluding ortho intramolecular Hbond substituents is 1. The molecule has 0 unspecified atom stereocenters. The SMILES string of the molecule is COc1ccc(Cc2ccncc2)c(O)c1-c1cccc(NO)c1. The molecule has 24 heavy (non-hydrogen) atoms. The Labute approximate surface area is 140 Å². The Hall–Kier alpha value is -3.05. The molecule has 122 valence electrons. The van der Waals surface area contributed by atoms with Crippen LogP contribution in [0.15, 0.2) is 60.9 Å². The number of nitrogens with zero attached hydrogens (tertiary/aromatic N) is 1. The smallest absolute Gasteiger partial charge is 0.130 e. The molecule has 0 aliphatic rings. The third kappa shape index (κ3) is 3.16. The van der Waals surface area contributed by atoms with Crippen LogP contribution < -0.4 is 10.2 Å². The van der Waals surface area contributed by atoms with Crippen LogP contribution in [-0.2, 0) is 6.42 Å². The lowest BCUT2D eigenvalue weighted by atomic mass is 9.96. The fraction of sp³-hybridized carbons (Fsp3) is 0.105. The zero-order chi connectivity index (χ0) is 16.9. The van der Waals surface area contributed by atoms with E-state index in [-0.39, 0.29) is 5.75 Å². The van der Waals surface area contributed by atoms with Gasteiger partial charge in [-0.3, -0.25) is 15.7 Å². The Morgan fingerprint density at radius 3 is 2.58 bits per heavy atom. The lowest BCUT2D eigenvalue weighted by Crippen LogP contribution is -1.95. The minimum Gasteiger partial charge on any atom is -0.507 e. The molecule has 0 atom stereocenters. The number of methoxy groups -OCH3 is 1. The van der Waals surface area contributed by atoms with Gasteiger partial charge in [0.15, 0.2) is 0 Å². The molecule has 3 rings (SSSR count). The van der Waals surface area contributed by atoms with Gasteiger partial charge in [-0.1, -0.05) is 18.2 Å². The van der Waals surface area contributed by atoms with Crippen molar-refractivity contribution in [3.63, 3.8) is 0 Å². The third-order valence-corrected chi connectivity index (χ3v) is 3.87. The van der Waals surface area contributed by atoms with Crippen LogP contribution in [0.5, 0.6) is 11.5 Å². The second kappa shape index (κ2) is 7.02. The van der Waals surface area contributed by atoms with Crippen LogP contribution in [0, 0.1) is 0 Å². The summed E-state index contributed by atoms with van der Waals surface area (Å²) in [5.74, 6) is 0.738. The van der Waals surface area contributed by atoms with Crippen LogP contribution in [0.4, 0.5) is 5.69 Å². The zero-order valence-corrected chi connectivity index (χ0v) is 13.2. The summed E-state index contributed by atoms with van der Waals surface area (Å²) in [5.41, 5.74) is 5.85. The molecule has 0 aliphatic heterocycles. The van der Waals surface area contributed by atoms with Crippen LogP contribution in [0.3, 0.4) is 0 Å². The number of anilines is 1. The molecular formula is C19H18N2O3. The van der Waals surface area contributed by atoms with E-state index in [1.54, 1.807) is 37.7 Å². The number of aromatic hydroxyl groups is 1. The molecule has 0 fully saturated rings. The van der Waals surface area contributed by atoms with Crippen LogP contribution >= 0.6 is 0 Å². The third-order valence-electron chi connectivity index (χ3n) is 3.87. The zero-order valence-electron chi connectivity index (χ0n) is 13.2. The van der Waals surface area contributed by atoms with Gasteiger partial charge in [-0.2, -0.15) is 0 Å². The largest absolute Gasteiger partial charge is 0.507 e. The summed E-state index contributed by atoms with van der Waals surface area (Å²) < 4.78 is 5.41. The summed E-state index contributed by atoms with van der Waals surface area (Å²) in [4.78, 5) is 4.01. The van der Waals surface area contributed by atoms with Gasteiger partial charge in [-0.15, -0.1) is 0 Å². The maximum Gasteiger partial charge on any atom is 0.130 e. The molecule has 3 N–H and O–H groups in total. The van der Waals surface area contributed by atoms with E-state index in [2.05, 4.69) is 10.5 Å². The maximum atomic E-state index is 10.8. The average molecular weight is 322 g/mol. The molecule has 1 aromatic heterocycles. The molecule has 0 saturated carbocycles. The monoisotopic (exact) mass is 322 g/mol. The van der Waals surface area contributed by atoms with E-state index in [9.17, 15) is 5.11 Å². The van der Waals surface area contributed by atoms with E-state index < -0.39 is 0 Å². The molecule has 0 bridgehead atoms. The molecular weight excluding hydrogens is 304 g/mol. The summed E-state index contributed by atoms with van der Waals surface area (Å²) in [6.45, 7) is 0. The number of hydrogen-bond donors (Lipinski definition) is 3. The van der Waals surface area contributed by atoms with Crippen LogP contribution in [0.25, 0.3) is 11.1 Å². The first-order valence-corrected chi connectivity index (χ1v) is 7.51. The molecule has 2 aromatic carbocycles. The minimum absolute atomic E-state index is 0.168. The molecule has 0 radical (unpaired) electrons. The molecule has 0 spiro atoms. The molecule has 0 aliphatic carbocycles. The predicted octanol–water partition coefficient (Wildman–Crippen LogP) is 3.85. The van der Waals surface area contributed by atoms with Gasteiger partial charge in [0.1, 0.15) is 11.5 Å². The van der Waals surface area contributed by atoms with Gasteiger partial charge in [-0.25, -0.2) is 0 Å². The van der Waals surface area contributed by atoms with Gasteiger partial charge in [0.05, 0.1) is 18.4 Å². The first-order valence-electron chi connectivity index (χ1n) is 7.51. The maximum absolute atomic E-state index is 10.8. The van der Waals surface area contributed by atoms with E-state index in [1.807, 2.05) is 30.3 Å². The fourth-order valence-corrected chi connectivity index (χ4v) is 2.67. The number of phenols is 1. The second-order valence-corrected chi connectivity index (χ2v) is 5.38. The first kappa shape index (κ1) is 15.8. The lowest BCUT2D eigenvalue weighted by Gasteiger charge is -2.15. The number of aromatic nitrogens is 1. The quantitative estimate of drug-likeness (QED) is 0.622. The van der Waals surface area contributed by atoms with Crippen molar-refractivity contribution in [2.24, 2.45) is 0 Å². The van der Waals surface area contributed by atoms with Gasteiger partial charge in [0, 0.05) is 18.8 Å². The lowest BCUT2D eigenvalue weighted by molar-refractivity contribution is 0.389. The van der Waals surface area contributed by atoms with Crippen molar-refractivity contribution in [1.29, 1.82) is 0 Å². The number of pyridine rings is 1. The highest BCUT2D eigenvalue weighted by Crippen LogP contribution is 2.41. The molecule has 0 saturated heterocycles.